The van der Waals surface area contributed by atoms with Crippen molar-refractivity contribution in [2.24, 2.45) is 0 Å². The molecule has 1 aliphatic rings. The highest BCUT2D eigenvalue weighted by Crippen LogP contribution is 2.31. The Morgan fingerprint density at radius 1 is 0.593 bits per heavy atom. The lowest BCUT2D eigenvalue weighted by molar-refractivity contribution is 1.34. The molecule has 4 aromatic rings. The maximum atomic E-state index is 4.87. The summed E-state index contributed by atoms with van der Waals surface area (Å²) in [5.41, 5.74) is 7.45. The summed E-state index contributed by atoms with van der Waals surface area (Å²) in [7, 11) is -1.63. The molecule has 0 spiro atoms. The maximum absolute atomic E-state index is 4.87. The molecule has 130 valence electrons. The van der Waals surface area contributed by atoms with E-state index in [9.17, 15) is 0 Å². The summed E-state index contributed by atoms with van der Waals surface area (Å²) >= 11 is 0. The fraction of sp³-hybridized carbons (Fsp3) is 0.0800. The van der Waals surface area contributed by atoms with E-state index in [2.05, 4.69) is 104 Å². The molecular weight excluding hydrogens is 342 g/mol. The number of aromatic nitrogens is 1. The van der Waals surface area contributed by atoms with Crippen molar-refractivity contribution in [3.63, 3.8) is 0 Å². The molecule has 0 N–H and O–H groups in total. The van der Waals surface area contributed by atoms with Crippen molar-refractivity contribution in [2.45, 2.75) is 13.1 Å². The van der Waals surface area contributed by atoms with Crippen molar-refractivity contribution < 1.29 is 0 Å². The van der Waals surface area contributed by atoms with E-state index in [0.717, 1.165) is 5.69 Å². The predicted molar refractivity (Wildman–Crippen MR) is 117 cm³/mol. The van der Waals surface area contributed by atoms with E-state index in [0.29, 0.717) is 0 Å². The molecule has 0 amide bonds. The topological polar surface area (TPSA) is 12.9 Å². The molecule has 1 nitrogen and oxygen atoms in total. The van der Waals surface area contributed by atoms with Gasteiger partial charge in [-0.2, -0.15) is 0 Å². The van der Waals surface area contributed by atoms with Crippen LogP contribution >= 0.6 is 0 Å². The summed E-state index contributed by atoms with van der Waals surface area (Å²) < 4.78 is 0. The Balaban J connectivity index is 1.64. The monoisotopic (exact) mass is 363 g/mol. The Morgan fingerprint density at radius 3 is 2.15 bits per heavy atom. The third-order valence-electron chi connectivity index (χ3n) is 5.73. The highest BCUT2D eigenvalue weighted by molar-refractivity contribution is 7.03. The third kappa shape index (κ3) is 2.56. The average Bonchev–Trinajstić information content (AvgIpc) is 2.96. The van der Waals surface area contributed by atoms with Crippen molar-refractivity contribution in [2.75, 3.05) is 0 Å². The van der Waals surface area contributed by atoms with Gasteiger partial charge in [-0.1, -0.05) is 85.9 Å². The molecule has 2 heteroatoms. The standard InChI is InChI=1S/C25H21NSi/c1-27(2)24-14-7-6-13-21(24)22-16-23(26-17-25(22)27)20-12-8-11-19(15-20)18-9-4-3-5-10-18/h3-17H,1-2H3. The van der Waals surface area contributed by atoms with E-state index in [4.69, 9.17) is 4.98 Å². The van der Waals surface area contributed by atoms with Crippen LogP contribution in [0.15, 0.2) is 91.1 Å². The van der Waals surface area contributed by atoms with Crippen LogP contribution in [0, 0.1) is 0 Å². The molecule has 1 aliphatic heterocycles. The number of rotatable bonds is 2. The molecule has 0 saturated heterocycles. The van der Waals surface area contributed by atoms with Gasteiger partial charge in [-0.15, -0.1) is 0 Å². The number of hydrogen-bond donors (Lipinski definition) is 0. The van der Waals surface area contributed by atoms with Crippen LogP contribution in [0.25, 0.3) is 33.5 Å². The van der Waals surface area contributed by atoms with E-state index < -0.39 is 8.07 Å². The Hall–Kier alpha value is -2.97. The van der Waals surface area contributed by atoms with E-state index >= 15 is 0 Å². The van der Waals surface area contributed by atoms with Gasteiger partial charge in [-0.25, -0.2) is 0 Å². The minimum absolute atomic E-state index is 1.05. The van der Waals surface area contributed by atoms with Crippen LogP contribution < -0.4 is 10.4 Å². The van der Waals surface area contributed by atoms with Crippen molar-refractivity contribution >= 4 is 18.4 Å². The zero-order valence-corrected chi connectivity index (χ0v) is 16.6. The van der Waals surface area contributed by atoms with E-state index in [1.165, 1.54) is 38.2 Å². The quantitative estimate of drug-likeness (QED) is 0.445. The minimum atomic E-state index is -1.63. The fourth-order valence-corrected chi connectivity index (χ4v) is 7.19. The molecule has 5 rings (SSSR count). The lowest BCUT2D eigenvalue weighted by atomic mass is 10.00. The van der Waals surface area contributed by atoms with Gasteiger partial charge in [0.05, 0.1) is 5.69 Å². The molecule has 0 fully saturated rings. The number of nitrogens with zero attached hydrogens (tertiary/aromatic N) is 1. The second-order valence-corrected chi connectivity index (χ2v) is 12.1. The first-order valence-electron chi connectivity index (χ1n) is 9.41. The summed E-state index contributed by atoms with van der Waals surface area (Å²) in [6.45, 7) is 4.85. The van der Waals surface area contributed by atoms with Gasteiger partial charge in [-0.3, -0.25) is 4.98 Å². The van der Waals surface area contributed by atoms with Gasteiger partial charge in [0.25, 0.3) is 0 Å². The molecule has 0 unspecified atom stereocenters. The van der Waals surface area contributed by atoms with Gasteiger partial charge in [-0.05, 0) is 44.8 Å². The first-order chi connectivity index (χ1) is 13.1. The largest absolute Gasteiger partial charge is 0.256 e. The molecule has 2 heterocycles. The van der Waals surface area contributed by atoms with Gasteiger partial charge in [0, 0.05) is 11.8 Å². The zero-order chi connectivity index (χ0) is 18.4. The lowest BCUT2D eigenvalue weighted by Crippen LogP contribution is -2.49. The Labute approximate surface area is 161 Å². The molecule has 27 heavy (non-hydrogen) atoms. The van der Waals surface area contributed by atoms with Crippen LogP contribution in [0.4, 0.5) is 0 Å². The Bertz CT molecular complexity index is 1150. The molecule has 0 aliphatic carbocycles. The van der Waals surface area contributed by atoms with Crippen LogP contribution in [0.1, 0.15) is 0 Å². The summed E-state index contributed by atoms with van der Waals surface area (Å²) in [5, 5.41) is 2.98. The molecule has 3 aromatic carbocycles. The fourth-order valence-electron chi connectivity index (χ4n) is 4.23. The van der Waals surface area contributed by atoms with Crippen molar-refractivity contribution in [1.29, 1.82) is 0 Å². The smallest absolute Gasteiger partial charge is 0.115 e. The summed E-state index contributed by atoms with van der Waals surface area (Å²) in [6, 6.07) is 30.4. The normalized spacial score (nSPS) is 13.9. The van der Waals surface area contributed by atoms with Crippen LogP contribution in [0.2, 0.25) is 13.1 Å². The number of fused-ring (bicyclic) bond motifs is 3. The maximum Gasteiger partial charge on any atom is 0.115 e. The summed E-state index contributed by atoms with van der Waals surface area (Å²) in [5.74, 6) is 0. The summed E-state index contributed by atoms with van der Waals surface area (Å²) in [4.78, 5) is 4.87. The SMILES string of the molecule is C[Si]1(C)c2ccccc2-c2cc(-c3cccc(-c4ccccc4)c3)ncc21. The minimum Gasteiger partial charge on any atom is -0.256 e. The van der Waals surface area contributed by atoms with E-state index in [1.54, 1.807) is 0 Å². The van der Waals surface area contributed by atoms with Crippen molar-refractivity contribution in [1.82, 2.24) is 4.98 Å². The average molecular weight is 364 g/mol. The van der Waals surface area contributed by atoms with Crippen LogP contribution in [0.5, 0.6) is 0 Å². The van der Waals surface area contributed by atoms with Gasteiger partial charge in [0.15, 0.2) is 0 Å². The molecule has 1 aromatic heterocycles. The van der Waals surface area contributed by atoms with E-state index in [1.807, 2.05) is 0 Å². The number of pyridine rings is 1. The zero-order valence-electron chi connectivity index (χ0n) is 15.6. The Kier molecular flexibility index (Phi) is 3.63. The number of hydrogen-bond acceptors (Lipinski definition) is 1. The highest BCUT2D eigenvalue weighted by Gasteiger charge is 2.37. The van der Waals surface area contributed by atoms with E-state index in [-0.39, 0.29) is 0 Å². The first kappa shape index (κ1) is 16.2. The van der Waals surface area contributed by atoms with Gasteiger partial charge in [0.2, 0.25) is 0 Å². The molecular formula is C25H21NSi. The lowest BCUT2D eigenvalue weighted by Gasteiger charge is -2.18. The third-order valence-corrected chi connectivity index (χ3v) is 9.26. The van der Waals surface area contributed by atoms with Crippen molar-refractivity contribution in [3.05, 3.63) is 91.1 Å². The molecule has 0 radical (unpaired) electrons. The van der Waals surface area contributed by atoms with Crippen molar-refractivity contribution in [3.8, 4) is 33.5 Å². The second kappa shape index (κ2) is 6.03. The predicted octanol–water partition coefficient (Wildman–Crippen LogP) is 5.22. The van der Waals surface area contributed by atoms with Gasteiger partial charge in [0.1, 0.15) is 8.07 Å². The molecule has 0 bridgehead atoms. The second-order valence-electron chi connectivity index (χ2n) is 7.73. The Morgan fingerprint density at radius 2 is 1.30 bits per heavy atom. The van der Waals surface area contributed by atoms with Crippen LogP contribution in [0.3, 0.4) is 0 Å². The van der Waals surface area contributed by atoms with Gasteiger partial charge >= 0.3 is 0 Å². The molecule has 0 saturated carbocycles. The van der Waals surface area contributed by atoms with Crippen LogP contribution in [-0.4, -0.2) is 13.1 Å². The molecule has 0 atom stereocenters. The first-order valence-corrected chi connectivity index (χ1v) is 12.4. The highest BCUT2D eigenvalue weighted by atomic mass is 28.3. The van der Waals surface area contributed by atoms with Crippen LogP contribution in [-0.2, 0) is 0 Å². The number of benzene rings is 3. The summed E-state index contributed by atoms with van der Waals surface area (Å²) in [6.07, 6.45) is 2.13. The van der Waals surface area contributed by atoms with Gasteiger partial charge < -0.3 is 0 Å².